The maximum Gasteiger partial charge on any atom is 0.171 e. The topological polar surface area (TPSA) is 28.5 Å². The maximum atomic E-state index is 4.82. The Kier molecular flexibility index (Phi) is 4.25. The number of thioether (sulfide) groups is 1. The number of pyridine rings is 1. The second-order valence-electron chi connectivity index (χ2n) is 5.22. The molecule has 0 N–H and O–H groups in total. The molecular formula is C17H19N3S. The highest BCUT2D eigenvalue weighted by Crippen LogP contribution is 2.32. The number of hydrogen-bond acceptors (Lipinski definition) is 3. The van der Waals surface area contributed by atoms with E-state index in [0.29, 0.717) is 0 Å². The highest BCUT2D eigenvalue weighted by Gasteiger charge is 2.22. The number of amidine groups is 1. The lowest BCUT2D eigenvalue weighted by Gasteiger charge is -2.30. The van der Waals surface area contributed by atoms with Crippen LogP contribution in [0.25, 0.3) is 0 Å². The number of rotatable bonds is 3. The van der Waals surface area contributed by atoms with Crippen molar-refractivity contribution in [1.82, 2.24) is 9.88 Å². The lowest BCUT2D eigenvalue weighted by molar-refractivity contribution is 0.411. The summed E-state index contributed by atoms with van der Waals surface area (Å²) in [6.45, 7) is 6.21. The molecular weight excluding hydrogens is 278 g/mol. The fourth-order valence-corrected chi connectivity index (χ4v) is 3.31. The summed E-state index contributed by atoms with van der Waals surface area (Å²) in [6, 6.07) is 12.5. The average Bonchev–Trinajstić information content (AvgIpc) is 2.50. The molecule has 0 saturated carbocycles. The van der Waals surface area contributed by atoms with Crippen LogP contribution in [0.3, 0.4) is 0 Å². The standard InChI is InChI=1S/C17H19N3S/c1-3-11-20-12-14-5-4-10-18-16(14)21-17(20)19-15-8-6-13(2)7-9-15/h4-10H,3,11-12H2,1-2H3. The van der Waals surface area contributed by atoms with Crippen LogP contribution in [0.15, 0.2) is 52.6 Å². The summed E-state index contributed by atoms with van der Waals surface area (Å²) in [4.78, 5) is 11.6. The average molecular weight is 297 g/mol. The number of nitrogens with zero attached hydrogens (tertiary/aromatic N) is 3. The van der Waals surface area contributed by atoms with Crippen molar-refractivity contribution in [3.05, 3.63) is 53.7 Å². The van der Waals surface area contributed by atoms with Crippen molar-refractivity contribution in [1.29, 1.82) is 0 Å². The van der Waals surface area contributed by atoms with Gasteiger partial charge in [0, 0.05) is 24.8 Å². The van der Waals surface area contributed by atoms with Crippen molar-refractivity contribution in [2.75, 3.05) is 6.54 Å². The van der Waals surface area contributed by atoms with E-state index < -0.39 is 0 Å². The molecule has 1 aliphatic rings. The molecule has 0 radical (unpaired) electrons. The molecule has 0 atom stereocenters. The van der Waals surface area contributed by atoms with Crippen molar-refractivity contribution in [2.45, 2.75) is 31.8 Å². The number of aryl methyl sites for hydroxylation is 1. The molecule has 0 fully saturated rings. The van der Waals surface area contributed by atoms with Gasteiger partial charge in [-0.1, -0.05) is 30.7 Å². The van der Waals surface area contributed by atoms with Crippen LogP contribution in [-0.2, 0) is 6.54 Å². The van der Waals surface area contributed by atoms with Crippen molar-refractivity contribution in [3.63, 3.8) is 0 Å². The van der Waals surface area contributed by atoms with Crippen LogP contribution in [0, 0.1) is 6.92 Å². The van der Waals surface area contributed by atoms with E-state index in [-0.39, 0.29) is 0 Å². The van der Waals surface area contributed by atoms with Crippen LogP contribution >= 0.6 is 11.8 Å². The lowest BCUT2D eigenvalue weighted by atomic mass is 10.2. The minimum Gasteiger partial charge on any atom is -0.346 e. The molecule has 3 rings (SSSR count). The van der Waals surface area contributed by atoms with Crippen molar-refractivity contribution in [2.24, 2.45) is 4.99 Å². The van der Waals surface area contributed by atoms with Crippen molar-refractivity contribution in [3.8, 4) is 0 Å². The fraction of sp³-hybridized carbons (Fsp3) is 0.294. The Morgan fingerprint density at radius 2 is 2.05 bits per heavy atom. The zero-order valence-electron chi connectivity index (χ0n) is 12.4. The molecule has 1 aliphatic heterocycles. The highest BCUT2D eigenvalue weighted by atomic mass is 32.2. The van der Waals surface area contributed by atoms with Gasteiger partial charge < -0.3 is 4.90 Å². The molecule has 108 valence electrons. The van der Waals surface area contributed by atoms with Gasteiger partial charge in [-0.3, -0.25) is 0 Å². The Morgan fingerprint density at radius 3 is 2.81 bits per heavy atom. The SMILES string of the molecule is CCCN1Cc2cccnc2SC1=Nc1ccc(C)cc1. The zero-order valence-corrected chi connectivity index (χ0v) is 13.2. The van der Waals surface area contributed by atoms with Gasteiger partial charge in [-0.25, -0.2) is 9.98 Å². The van der Waals surface area contributed by atoms with E-state index in [1.807, 2.05) is 12.3 Å². The number of fused-ring (bicyclic) bond motifs is 1. The molecule has 3 nitrogen and oxygen atoms in total. The zero-order chi connectivity index (χ0) is 14.7. The second-order valence-corrected chi connectivity index (χ2v) is 6.18. The number of aliphatic imine (C=N–C) groups is 1. The summed E-state index contributed by atoms with van der Waals surface area (Å²) < 4.78 is 0. The van der Waals surface area contributed by atoms with Crippen LogP contribution in [0.2, 0.25) is 0 Å². The Morgan fingerprint density at radius 1 is 1.24 bits per heavy atom. The number of aromatic nitrogens is 1. The lowest BCUT2D eigenvalue weighted by Crippen LogP contribution is -2.32. The van der Waals surface area contributed by atoms with E-state index in [2.05, 4.69) is 54.1 Å². The van der Waals surface area contributed by atoms with Crippen molar-refractivity contribution < 1.29 is 0 Å². The first-order valence-corrected chi connectivity index (χ1v) is 8.10. The molecule has 2 heterocycles. The van der Waals surface area contributed by atoms with E-state index in [4.69, 9.17) is 4.99 Å². The van der Waals surface area contributed by atoms with Crippen LogP contribution in [0.1, 0.15) is 24.5 Å². The van der Waals surface area contributed by atoms with E-state index in [1.54, 1.807) is 11.8 Å². The van der Waals surface area contributed by atoms with Gasteiger partial charge in [-0.05, 0) is 43.3 Å². The maximum absolute atomic E-state index is 4.82. The van der Waals surface area contributed by atoms with Gasteiger partial charge in [0.2, 0.25) is 0 Å². The summed E-state index contributed by atoms with van der Waals surface area (Å²) >= 11 is 1.67. The van der Waals surface area contributed by atoms with Gasteiger partial charge in [0.05, 0.1) is 5.69 Å². The van der Waals surface area contributed by atoms with Crippen LogP contribution in [-0.4, -0.2) is 21.6 Å². The smallest absolute Gasteiger partial charge is 0.171 e. The highest BCUT2D eigenvalue weighted by molar-refractivity contribution is 8.13. The summed E-state index contributed by atoms with van der Waals surface area (Å²) in [5.41, 5.74) is 3.55. The van der Waals surface area contributed by atoms with E-state index >= 15 is 0 Å². The largest absolute Gasteiger partial charge is 0.346 e. The molecule has 0 bridgehead atoms. The normalized spacial score (nSPS) is 16.1. The summed E-state index contributed by atoms with van der Waals surface area (Å²) in [5, 5.41) is 2.13. The number of hydrogen-bond donors (Lipinski definition) is 0. The van der Waals surface area contributed by atoms with Crippen LogP contribution in [0.4, 0.5) is 5.69 Å². The molecule has 0 unspecified atom stereocenters. The predicted molar refractivity (Wildman–Crippen MR) is 89.1 cm³/mol. The van der Waals surface area contributed by atoms with E-state index in [9.17, 15) is 0 Å². The third-order valence-electron chi connectivity index (χ3n) is 3.42. The number of benzene rings is 1. The summed E-state index contributed by atoms with van der Waals surface area (Å²) in [6.07, 6.45) is 2.97. The fourth-order valence-electron chi connectivity index (χ4n) is 2.33. The Hall–Kier alpha value is -1.81. The molecule has 2 aromatic rings. The van der Waals surface area contributed by atoms with Gasteiger partial charge in [0.25, 0.3) is 0 Å². The molecule has 4 heteroatoms. The van der Waals surface area contributed by atoms with Gasteiger partial charge in [0.1, 0.15) is 5.03 Å². The monoisotopic (exact) mass is 297 g/mol. The first-order valence-electron chi connectivity index (χ1n) is 7.28. The Labute approximate surface area is 130 Å². The van der Waals surface area contributed by atoms with Gasteiger partial charge in [-0.15, -0.1) is 0 Å². The quantitative estimate of drug-likeness (QED) is 0.841. The van der Waals surface area contributed by atoms with Crippen LogP contribution < -0.4 is 0 Å². The third-order valence-corrected chi connectivity index (χ3v) is 4.51. The first-order chi connectivity index (χ1) is 10.3. The third kappa shape index (κ3) is 3.27. The predicted octanol–water partition coefficient (Wildman–Crippen LogP) is 4.40. The molecule has 1 aromatic carbocycles. The molecule has 21 heavy (non-hydrogen) atoms. The molecule has 0 saturated heterocycles. The second kappa shape index (κ2) is 6.31. The van der Waals surface area contributed by atoms with Crippen LogP contribution in [0.5, 0.6) is 0 Å². The Bertz CT molecular complexity index is 649. The molecule has 0 aliphatic carbocycles. The summed E-state index contributed by atoms with van der Waals surface area (Å²) in [7, 11) is 0. The first kappa shape index (κ1) is 14.1. The molecule has 0 amide bonds. The van der Waals surface area contributed by atoms with Gasteiger partial charge in [0.15, 0.2) is 5.17 Å². The minimum absolute atomic E-state index is 0.898. The van der Waals surface area contributed by atoms with Crippen molar-refractivity contribution >= 4 is 22.6 Å². The van der Waals surface area contributed by atoms with Gasteiger partial charge >= 0.3 is 0 Å². The Balaban J connectivity index is 1.93. The summed E-state index contributed by atoms with van der Waals surface area (Å²) in [5.74, 6) is 0. The molecule has 0 spiro atoms. The molecule has 1 aromatic heterocycles. The van der Waals surface area contributed by atoms with E-state index in [0.717, 1.165) is 35.4 Å². The minimum atomic E-state index is 0.898. The van der Waals surface area contributed by atoms with Gasteiger partial charge in [-0.2, -0.15) is 0 Å². The van der Waals surface area contributed by atoms with E-state index in [1.165, 1.54) is 11.1 Å².